The van der Waals surface area contributed by atoms with E-state index in [9.17, 15) is 4.79 Å². The Morgan fingerprint density at radius 2 is 1.90 bits per heavy atom. The van der Waals surface area contributed by atoms with Crippen molar-refractivity contribution in [1.82, 2.24) is 19.7 Å². The predicted molar refractivity (Wildman–Crippen MR) is 79.5 cm³/mol. The first kappa shape index (κ1) is 13.2. The van der Waals surface area contributed by atoms with Crippen LogP contribution in [-0.4, -0.2) is 26.0 Å². The third-order valence-corrected chi connectivity index (χ3v) is 3.27. The van der Waals surface area contributed by atoms with Gasteiger partial charge in [-0.3, -0.25) is 4.79 Å². The van der Waals surface area contributed by atoms with Gasteiger partial charge in [-0.15, -0.1) is 0 Å². The normalized spacial score (nSPS) is 10.6. The maximum atomic E-state index is 11.3. The summed E-state index contributed by atoms with van der Waals surface area (Å²) in [4.78, 5) is 19.6. The van der Waals surface area contributed by atoms with Gasteiger partial charge in [0.15, 0.2) is 6.29 Å². The molecule has 0 radical (unpaired) electrons. The summed E-state index contributed by atoms with van der Waals surface area (Å²) in [6.45, 7) is 4.02. The van der Waals surface area contributed by atoms with Crippen molar-refractivity contribution in [2.45, 2.75) is 13.8 Å². The van der Waals surface area contributed by atoms with E-state index in [1.807, 2.05) is 32.0 Å². The second kappa shape index (κ2) is 5.28. The van der Waals surface area contributed by atoms with Crippen molar-refractivity contribution < 1.29 is 4.79 Å². The van der Waals surface area contributed by atoms with Gasteiger partial charge in [0.1, 0.15) is 5.69 Å². The van der Waals surface area contributed by atoms with Gasteiger partial charge in [0.2, 0.25) is 5.95 Å². The maximum Gasteiger partial charge on any atom is 0.250 e. The second-order valence-electron chi connectivity index (χ2n) is 4.86. The molecule has 0 saturated heterocycles. The molecule has 3 rings (SSSR count). The highest BCUT2D eigenvalue weighted by Gasteiger charge is 2.14. The summed E-state index contributed by atoms with van der Waals surface area (Å²) in [7, 11) is 0. The van der Waals surface area contributed by atoms with Gasteiger partial charge in [0.25, 0.3) is 0 Å². The molecule has 0 spiro atoms. The molecule has 3 aromatic rings. The lowest BCUT2D eigenvalue weighted by molar-refractivity contribution is 0.112. The van der Waals surface area contributed by atoms with Gasteiger partial charge in [-0.05, 0) is 31.5 Å². The quantitative estimate of drug-likeness (QED) is 0.691. The second-order valence-corrected chi connectivity index (χ2v) is 4.86. The molecular weight excluding hydrogens is 264 g/mol. The number of hydrogen-bond acceptors (Lipinski definition) is 4. The topological polar surface area (TPSA) is 60.7 Å². The lowest BCUT2D eigenvalue weighted by atomic mass is 10.0. The molecule has 0 bridgehead atoms. The number of carbonyl (C=O) groups excluding carboxylic acids is 1. The fourth-order valence-electron chi connectivity index (χ4n) is 2.19. The predicted octanol–water partition coefficient (Wildman–Crippen LogP) is 2.76. The van der Waals surface area contributed by atoms with Gasteiger partial charge in [0.05, 0.1) is 5.56 Å². The molecule has 0 fully saturated rings. The number of rotatable bonds is 3. The molecule has 0 unspecified atom stereocenters. The van der Waals surface area contributed by atoms with E-state index < -0.39 is 0 Å². The Bertz CT molecular complexity index is 793. The van der Waals surface area contributed by atoms with Gasteiger partial charge in [-0.25, -0.2) is 14.6 Å². The highest BCUT2D eigenvalue weighted by atomic mass is 16.1. The van der Waals surface area contributed by atoms with E-state index in [-0.39, 0.29) is 0 Å². The van der Waals surface area contributed by atoms with Gasteiger partial charge >= 0.3 is 0 Å². The number of aromatic nitrogens is 4. The van der Waals surface area contributed by atoms with Crippen molar-refractivity contribution in [2.75, 3.05) is 0 Å². The van der Waals surface area contributed by atoms with E-state index in [4.69, 9.17) is 0 Å². The fraction of sp³-hybridized carbons (Fsp3) is 0.125. The lowest BCUT2D eigenvalue weighted by Gasteiger charge is -2.05. The minimum absolute atomic E-state index is 0.442. The summed E-state index contributed by atoms with van der Waals surface area (Å²) in [5.74, 6) is 0.442. The van der Waals surface area contributed by atoms with Crippen LogP contribution in [-0.2, 0) is 0 Å². The number of hydrogen-bond donors (Lipinski definition) is 0. The van der Waals surface area contributed by atoms with Crippen molar-refractivity contribution in [3.63, 3.8) is 0 Å². The van der Waals surface area contributed by atoms with Crippen LogP contribution in [0.25, 0.3) is 17.2 Å². The molecule has 2 heterocycles. The molecule has 0 aliphatic rings. The third kappa shape index (κ3) is 2.45. The molecule has 1 aromatic carbocycles. The van der Waals surface area contributed by atoms with Crippen LogP contribution in [0.4, 0.5) is 0 Å². The zero-order valence-electron chi connectivity index (χ0n) is 11.8. The smallest absolute Gasteiger partial charge is 0.250 e. The Labute approximate surface area is 122 Å². The van der Waals surface area contributed by atoms with E-state index in [0.29, 0.717) is 17.2 Å². The lowest BCUT2D eigenvalue weighted by Crippen LogP contribution is -2.00. The van der Waals surface area contributed by atoms with Crippen LogP contribution in [0.5, 0.6) is 0 Å². The van der Waals surface area contributed by atoms with E-state index in [2.05, 4.69) is 15.1 Å². The molecule has 0 aliphatic carbocycles. The highest BCUT2D eigenvalue weighted by molar-refractivity contribution is 5.86. The average molecular weight is 278 g/mol. The Kier molecular flexibility index (Phi) is 3.31. The van der Waals surface area contributed by atoms with Crippen LogP contribution in [0, 0.1) is 13.8 Å². The summed E-state index contributed by atoms with van der Waals surface area (Å²) in [6, 6.07) is 7.83. The zero-order chi connectivity index (χ0) is 14.8. The van der Waals surface area contributed by atoms with E-state index in [0.717, 1.165) is 23.0 Å². The number of benzene rings is 1. The van der Waals surface area contributed by atoms with Gasteiger partial charge < -0.3 is 0 Å². The maximum absolute atomic E-state index is 11.3. The summed E-state index contributed by atoms with van der Waals surface area (Å²) in [5.41, 5.74) is 4.32. The number of carbonyl (C=O) groups is 1. The first-order chi connectivity index (χ1) is 10.2. The number of nitrogens with zero attached hydrogens (tertiary/aromatic N) is 4. The first-order valence-electron chi connectivity index (χ1n) is 6.59. The third-order valence-electron chi connectivity index (χ3n) is 3.27. The minimum Gasteiger partial charge on any atom is -0.298 e. The molecule has 0 atom stereocenters. The first-order valence-corrected chi connectivity index (χ1v) is 6.59. The Morgan fingerprint density at radius 3 is 2.62 bits per heavy atom. The van der Waals surface area contributed by atoms with Crippen molar-refractivity contribution in [2.24, 2.45) is 0 Å². The zero-order valence-corrected chi connectivity index (χ0v) is 11.8. The van der Waals surface area contributed by atoms with Gasteiger partial charge in [-0.1, -0.05) is 17.7 Å². The van der Waals surface area contributed by atoms with E-state index >= 15 is 0 Å². The van der Waals surface area contributed by atoms with Crippen molar-refractivity contribution in [3.05, 3.63) is 59.5 Å². The molecule has 0 aliphatic heterocycles. The molecular formula is C16H14N4O. The SMILES string of the molecule is Cc1ccc(C)c(-c2nn(-c3ncccn3)cc2C=O)c1. The highest BCUT2D eigenvalue weighted by Crippen LogP contribution is 2.26. The molecule has 104 valence electrons. The average Bonchev–Trinajstić information content (AvgIpc) is 2.94. The van der Waals surface area contributed by atoms with Crippen LogP contribution in [0.1, 0.15) is 21.5 Å². The summed E-state index contributed by atoms with van der Waals surface area (Å²) < 4.78 is 1.53. The van der Waals surface area contributed by atoms with Crippen molar-refractivity contribution in [1.29, 1.82) is 0 Å². The largest absolute Gasteiger partial charge is 0.298 e. The monoisotopic (exact) mass is 278 g/mol. The van der Waals surface area contributed by atoms with Crippen LogP contribution in [0.3, 0.4) is 0 Å². The van der Waals surface area contributed by atoms with Crippen LogP contribution < -0.4 is 0 Å². The summed E-state index contributed by atoms with van der Waals surface area (Å²) >= 11 is 0. The van der Waals surface area contributed by atoms with Gasteiger partial charge in [0, 0.05) is 24.2 Å². The summed E-state index contributed by atoms with van der Waals surface area (Å²) in [5, 5.41) is 4.48. The number of aryl methyl sites for hydroxylation is 2. The van der Waals surface area contributed by atoms with Crippen molar-refractivity contribution >= 4 is 6.29 Å². The van der Waals surface area contributed by atoms with Crippen LogP contribution in [0.15, 0.2) is 42.9 Å². The van der Waals surface area contributed by atoms with E-state index in [1.165, 1.54) is 4.68 Å². The van der Waals surface area contributed by atoms with Gasteiger partial charge in [-0.2, -0.15) is 5.10 Å². The Hall–Kier alpha value is -2.82. The molecule has 0 saturated carbocycles. The Balaban J connectivity index is 2.17. The minimum atomic E-state index is 0.442. The summed E-state index contributed by atoms with van der Waals surface area (Å²) in [6.07, 6.45) is 5.74. The van der Waals surface area contributed by atoms with Crippen LogP contribution >= 0.6 is 0 Å². The van der Waals surface area contributed by atoms with Crippen LogP contribution in [0.2, 0.25) is 0 Å². The molecule has 5 nitrogen and oxygen atoms in total. The Morgan fingerprint density at radius 1 is 1.14 bits per heavy atom. The standard InChI is InChI=1S/C16H14N4O/c1-11-4-5-12(2)14(8-11)15-13(10-21)9-20(19-15)16-17-6-3-7-18-16/h3-10H,1-2H3. The van der Waals surface area contributed by atoms with Crippen molar-refractivity contribution in [3.8, 4) is 17.2 Å². The molecule has 5 heteroatoms. The molecule has 2 aromatic heterocycles. The molecule has 0 N–H and O–H groups in total. The molecule has 21 heavy (non-hydrogen) atoms. The van der Waals surface area contributed by atoms with E-state index in [1.54, 1.807) is 24.7 Å². The molecule has 0 amide bonds. The number of aldehydes is 1. The fourth-order valence-corrected chi connectivity index (χ4v) is 2.19.